The maximum absolute atomic E-state index is 4.89. The van der Waals surface area contributed by atoms with Gasteiger partial charge in [0.25, 0.3) is 0 Å². The Morgan fingerprint density at radius 1 is 0.622 bits per heavy atom. The summed E-state index contributed by atoms with van der Waals surface area (Å²) in [7, 11) is 0. The molecule has 5 aromatic carbocycles. The fourth-order valence-corrected chi connectivity index (χ4v) is 6.01. The molecule has 0 amide bonds. The van der Waals surface area contributed by atoms with Gasteiger partial charge in [-0.2, -0.15) is 0 Å². The summed E-state index contributed by atoms with van der Waals surface area (Å²) in [6, 6.07) is 41.5. The van der Waals surface area contributed by atoms with E-state index in [1.54, 1.807) is 0 Å². The number of aliphatic imine (C=N–C) groups is 1. The zero-order valence-electron chi connectivity index (χ0n) is 21.1. The molecular weight excluding hydrogens is 448 g/mol. The second kappa shape index (κ2) is 8.31. The van der Waals surface area contributed by atoms with E-state index < -0.39 is 0 Å². The maximum atomic E-state index is 4.89. The van der Waals surface area contributed by atoms with Crippen molar-refractivity contribution in [3.05, 3.63) is 132 Å². The summed E-state index contributed by atoms with van der Waals surface area (Å²) in [4.78, 5) is 4.89. The quantitative estimate of drug-likeness (QED) is 0.226. The molecule has 0 fully saturated rings. The first-order chi connectivity index (χ1) is 18.1. The van der Waals surface area contributed by atoms with Crippen LogP contribution in [0.4, 0.5) is 0 Å². The van der Waals surface area contributed by atoms with Crippen molar-refractivity contribution in [2.24, 2.45) is 4.99 Å². The van der Waals surface area contributed by atoms with E-state index in [0.29, 0.717) is 6.67 Å². The number of aromatic nitrogens is 1. The highest BCUT2D eigenvalue weighted by Crippen LogP contribution is 2.50. The van der Waals surface area contributed by atoms with Gasteiger partial charge in [0.15, 0.2) is 0 Å². The molecule has 0 saturated heterocycles. The number of hydrogen-bond donors (Lipinski definition) is 0. The Morgan fingerprint density at radius 2 is 1.32 bits per heavy atom. The Labute approximate surface area is 217 Å². The van der Waals surface area contributed by atoms with E-state index in [-0.39, 0.29) is 5.41 Å². The van der Waals surface area contributed by atoms with Crippen LogP contribution in [0.2, 0.25) is 0 Å². The molecule has 37 heavy (non-hydrogen) atoms. The van der Waals surface area contributed by atoms with E-state index in [2.05, 4.69) is 128 Å². The maximum Gasteiger partial charge on any atom is 0.114 e. The summed E-state index contributed by atoms with van der Waals surface area (Å²) in [5.41, 5.74) is 11.5. The first-order valence-corrected chi connectivity index (χ1v) is 12.9. The van der Waals surface area contributed by atoms with Crippen LogP contribution in [0.5, 0.6) is 0 Å². The first kappa shape index (κ1) is 21.8. The molecule has 0 bridgehead atoms. The van der Waals surface area contributed by atoms with Crippen LogP contribution in [-0.2, 0) is 12.1 Å². The molecule has 0 saturated carbocycles. The average Bonchev–Trinajstić information content (AvgIpc) is 3.37. The molecule has 0 N–H and O–H groups in total. The van der Waals surface area contributed by atoms with Crippen molar-refractivity contribution in [2.75, 3.05) is 0 Å². The van der Waals surface area contributed by atoms with Gasteiger partial charge in [-0.25, -0.2) is 0 Å². The van der Waals surface area contributed by atoms with Gasteiger partial charge in [0.05, 0.1) is 11.0 Å². The van der Waals surface area contributed by atoms with Crippen molar-refractivity contribution in [1.29, 1.82) is 0 Å². The fourth-order valence-electron chi connectivity index (χ4n) is 6.01. The normalized spacial score (nSPS) is 13.9. The Morgan fingerprint density at radius 3 is 2.16 bits per heavy atom. The fraction of sp³-hybridized carbons (Fsp3) is 0.114. The predicted octanol–water partition coefficient (Wildman–Crippen LogP) is 8.84. The van der Waals surface area contributed by atoms with Crippen LogP contribution in [0.15, 0.2) is 120 Å². The zero-order valence-corrected chi connectivity index (χ0v) is 21.1. The minimum absolute atomic E-state index is 0.0227. The summed E-state index contributed by atoms with van der Waals surface area (Å²) in [6.45, 7) is 5.26. The van der Waals surface area contributed by atoms with Crippen LogP contribution in [0.1, 0.15) is 30.5 Å². The van der Waals surface area contributed by atoms with E-state index in [0.717, 1.165) is 5.56 Å². The molecular formula is C35H28N2. The molecule has 1 aliphatic rings. The predicted molar refractivity (Wildman–Crippen MR) is 156 cm³/mol. The van der Waals surface area contributed by atoms with Crippen molar-refractivity contribution < 1.29 is 0 Å². The summed E-state index contributed by atoms with van der Waals surface area (Å²) < 4.78 is 2.36. The van der Waals surface area contributed by atoms with Gasteiger partial charge >= 0.3 is 0 Å². The van der Waals surface area contributed by atoms with Crippen LogP contribution in [0, 0.1) is 0 Å². The highest BCUT2D eigenvalue weighted by molar-refractivity contribution is 6.10. The number of nitrogens with zero attached hydrogens (tertiary/aromatic N) is 2. The third kappa shape index (κ3) is 3.44. The Bertz CT molecular complexity index is 1800. The Hall–Kier alpha value is -4.43. The second-order valence-electron chi connectivity index (χ2n) is 10.5. The van der Waals surface area contributed by atoms with Gasteiger partial charge < -0.3 is 4.57 Å². The number of hydrogen-bond acceptors (Lipinski definition) is 1. The largest absolute Gasteiger partial charge is 0.320 e. The minimum atomic E-state index is -0.0227. The molecule has 2 heteroatoms. The van der Waals surface area contributed by atoms with Gasteiger partial charge in [-0.3, -0.25) is 4.99 Å². The lowest BCUT2D eigenvalue weighted by atomic mass is 9.82. The Balaban J connectivity index is 1.28. The van der Waals surface area contributed by atoms with E-state index in [1.807, 2.05) is 12.3 Å². The number of fused-ring (bicyclic) bond motifs is 6. The third-order valence-corrected chi connectivity index (χ3v) is 7.96. The average molecular weight is 477 g/mol. The lowest BCUT2D eigenvalue weighted by Gasteiger charge is -2.21. The molecule has 6 aromatic rings. The summed E-state index contributed by atoms with van der Waals surface area (Å²) in [5.74, 6) is 0. The number of para-hydroxylation sites is 1. The molecule has 0 atom stereocenters. The molecule has 1 aromatic heterocycles. The molecule has 0 unspecified atom stereocenters. The van der Waals surface area contributed by atoms with Crippen molar-refractivity contribution in [1.82, 2.24) is 4.57 Å². The van der Waals surface area contributed by atoms with Gasteiger partial charge in [-0.15, -0.1) is 0 Å². The summed E-state index contributed by atoms with van der Waals surface area (Å²) >= 11 is 0. The lowest BCUT2D eigenvalue weighted by Crippen LogP contribution is -2.15. The van der Waals surface area contributed by atoms with Gasteiger partial charge in [0.2, 0.25) is 0 Å². The molecule has 0 spiro atoms. The monoisotopic (exact) mass is 476 g/mol. The van der Waals surface area contributed by atoms with E-state index in [4.69, 9.17) is 4.99 Å². The molecule has 0 radical (unpaired) electrons. The lowest BCUT2D eigenvalue weighted by molar-refractivity contribution is 0.660. The SMILES string of the molecule is CC1(C)c2ccccc2-c2cc3c4ccccc4n(CN=Cc4ccc(-c5ccccc5)cc4)c3cc21. The molecule has 7 rings (SSSR count). The topological polar surface area (TPSA) is 17.3 Å². The third-order valence-electron chi connectivity index (χ3n) is 7.96. The van der Waals surface area contributed by atoms with Gasteiger partial charge in [-0.1, -0.05) is 111 Å². The van der Waals surface area contributed by atoms with Crippen molar-refractivity contribution in [3.63, 3.8) is 0 Å². The van der Waals surface area contributed by atoms with Crippen LogP contribution in [-0.4, -0.2) is 10.8 Å². The standard InChI is InChI=1S/C35H28N2/c1-35(2)31-14-8-6-12-27(31)29-20-30-28-13-7-9-15-33(28)37(34(30)21-32(29)35)23-36-22-24-16-18-26(19-17-24)25-10-4-3-5-11-25/h3-22H,23H2,1-2H3. The molecule has 0 aliphatic heterocycles. The Kier molecular flexibility index (Phi) is 4.90. The van der Waals surface area contributed by atoms with Crippen LogP contribution in [0.25, 0.3) is 44.1 Å². The van der Waals surface area contributed by atoms with E-state index in [1.165, 1.54) is 55.2 Å². The molecule has 1 heterocycles. The zero-order chi connectivity index (χ0) is 25.0. The van der Waals surface area contributed by atoms with Crippen LogP contribution >= 0.6 is 0 Å². The summed E-state index contributed by atoms with van der Waals surface area (Å²) in [5, 5.41) is 2.58. The molecule has 1 aliphatic carbocycles. The van der Waals surface area contributed by atoms with Crippen molar-refractivity contribution >= 4 is 28.0 Å². The molecule has 178 valence electrons. The second-order valence-corrected chi connectivity index (χ2v) is 10.5. The van der Waals surface area contributed by atoms with Crippen molar-refractivity contribution in [2.45, 2.75) is 25.9 Å². The van der Waals surface area contributed by atoms with E-state index >= 15 is 0 Å². The van der Waals surface area contributed by atoms with Gasteiger partial charge in [0, 0.05) is 22.4 Å². The first-order valence-electron chi connectivity index (χ1n) is 12.9. The van der Waals surface area contributed by atoms with Crippen molar-refractivity contribution in [3.8, 4) is 22.3 Å². The smallest absolute Gasteiger partial charge is 0.114 e. The number of rotatable bonds is 4. The van der Waals surface area contributed by atoms with Gasteiger partial charge in [0.1, 0.15) is 6.67 Å². The highest BCUT2D eigenvalue weighted by Gasteiger charge is 2.35. The minimum Gasteiger partial charge on any atom is -0.320 e. The van der Waals surface area contributed by atoms with E-state index in [9.17, 15) is 0 Å². The molecule has 2 nitrogen and oxygen atoms in total. The highest BCUT2D eigenvalue weighted by atomic mass is 15.1. The van der Waals surface area contributed by atoms with Crippen LogP contribution in [0.3, 0.4) is 0 Å². The van der Waals surface area contributed by atoms with Crippen LogP contribution < -0.4 is 0 Å². The number of benzene rings is 5. The van der Waals surface area contributed by atoms with Gasteiger partial charge in [-0.05, 0) is 57.1 Å². The summed E-state index contributed by atoms with van der Waals surface area (Å²) in [6.07, 6.45) is 1.99.